The first-order valence-corrected chi connectivity index (χ1v) is 27.4. The molecule has 0 aromatic heterocycles. The van der Waals surface area contributed by atoms with E-state index in [9.17, 15) is 29.7 Å². The van der Waals surface area contributed by atoms with Gasteiger partial charge in [-0.05, 0) is 73.4 Å². The number of hydrogen-bond donors (Lipinski definition) is 3. The number of hydrogen-bond acceptors (Lipinski definition) is 15. The van der Waals surface area contributed by atoms with Gasteiger partial charge in [-0.2, -0.15) is 35.3 Å². The van der Waals surface area contributed by atoms with Gasteiger partial charge in [0.15, 0.2) is 0 Å². The number of aromatic hydroxyl groups is 3. The van der Waals surface area contributed by atoms with E-state index >= 15 is 0 Å². The molecule has 4 aromatic rings. The Kier molecular flexibility index (Phi) is 17.7. The molecule has 4 aromatic carbocycles. The fraction of sp³-hybridized carbons (Fsp3) is 0.500. The predicted octanol–water partition coefficient (Wildman–Crippen LogP) is 8.79. The van der Waals surface area contributed by atoms with Crippen molar-refractivity contribution >= 4 is 53.2 Å². The van der Waals surface area contributed by atoms with Crippen LogP contribution in [0.2, 0.25) is 0 Å². The van der Waals surface area contributed by atoms with Crippen LogP contribution < -0.4 is 0 Å². The molecule has 69 heavy (non-hydrogen) atoms. The Labute approximate surface area is 420 Å². The molecule has 3 unspecified atom stereocenters. The molecular formula is C54H69N3O9S3. The minimum absolute atomic E-state index is 0.0285. The van der Waals surface area contributed by atoms with E-state index in [4.69, 9.17) is 14.2 Å². The molecule has 3 atom stereocenters. The number of methoxy groups -OCH3 is 3. The van der Waals surface area contributed by atoms with Crippen molar-refractivity contribution in [1.29, 1.82) is 0 Å². The Bertz CT molecular complexity index is 2190. The molecule has 372 valence electrons. The Morgan fingerprint density at radius 3 is 0.870 bits per heavy atom. The second kappa shape index (κ2) is 23.2. The van der Waals surface area contributed by atoms with Crippen LogP contribution in [0.4, 0.5) is 0 Å². The molecule has 4 heterocycles. The lowest BCUT2D eigenvalue weighted by atomic mass is 9.85. The number of phenols is 3. The summed E-state index contributed by atoms with van der Waals surface area (Å²) in [5.41, 5.74) is 13.6. The molecule has 4 aliphatic heterocycles. The van der Waals surface area contributed by atoms with Crippen molar-refractivity contribution in [1.82, 2.24) is 14.7 Å². The molecular weight excluding hydrogens is 931 g/mol. The molecule has 0 radical (unpaired) electrons. The van der Waals surface area contributed by atoms with E-state index in [0.29, 0.717) is 67.9 Å². The summed E-state index contributed by atoms with van der Waals surface area (Å²) in [5.74, 6) is 1.84. The van der Waals surface area contributed by atoms with Gasteiger partial charge in [0.25, 0.3) is 0 Å². The zero-order valence-electron chi connectivity index (χ0n) is 41.7. The second-order valence-corrected chi connectivity index (χ2v) is 21.7. The summed E-state index contributed by atoms with van der Waals surface area (Å²) in [6, 6.07) is 9.15. The van der Waals surface area contributed by atoms with Crippen LogP contribution in [0.3, 0.4) is 0 Å². The maximum absolute atomic E-state index is 14.3. The number of ether oxygens (including phenoxy) is 3. The van der Waals surface area contributed by atoms with E-state index in [2.05, 4.69) is 20.8 Å². The lowest BCUT2D eigenvalue weighted by Gasteiger charge is -2.34. The zero-order valence-corrected chi connectivity index (χ0v) is 44.1. The summed E-state index contributed by atoms with van der Waals surface area (Å²) >= 11 is 5.05. The summed E-state index contributed by atoms with van der Waals surface area (Å²) in [6.45, 7) is 13.2. The summed E-state index contributed by atoms with van der Waals surface area (Å²) in [5, 5.41) is 37.4. The molecule has 4 aliphatic rings. The molecule has 12 bridgehead atoms. The fourth-order valence-electron chi connectivity index (χ4n) is 10.8. The van der Waals surface area contributed by atoms with Crippen LogP contribution in [-0.4, -0.2) is 105 Å². The number of esters is 3. The predicted molar refractivity (Wildman–Crippen MR) is 277 cm³/mol. The van der Waals surface area contributed by atoms with Gasteiger partial charge in [-0.25, -0.2) is 0 Å². The maximum atomic E-state index is 14.3. The van der Waals surface area contributed by atoms with Gasteiger partial charge in [-0.15, -0.1) is 0 Å². The molecule has 0 saturated carbocycles. The van der Waals surface area contributed by atoms with E-state index in [-0.39, 0.29) is 56.5 Å². The Balaban J connectivity index is 1.61. The Hall–Kier alpha value is -4.38. The molecule has 3 N–H and O–H groups in total. The van der Waals surface area contributed by atoms with Gasteiger partial charge in [0, 0.05) is 107 Å². The van der Waals surface area contributed by atoms with Gasteiger partial charge in [0.2, 0.25) is 0 Å². The summed E-state index contributed by atoms with van der Waals surface area (Å²) in [4.78, 5) is 48.9. The molecule has 0 fully saturated rings. The highest BCUT2D eigenvalue weighted by molar-refractivity contribution is 7.99. The van der Waals surface area contributed by atoms with Crippen LogP contribution in [0.1, 0.15) is 104 Å². The minimum atomic E-state index is -0.790. The third-order valence-corrected chi connectivity index (χ3v) is 17.2. The number of aryl methyl sites for hydroxylation is 3. The van der Waals surface area contributed by atoms with E-state index in [1.54, 1.807) is 35.3 Å². The lowest BCUT2D eigenvalue weighted by Crippen LogP contribution is -2.44. The molecule has 0 amide bonds. The van der Waals surface area contributed by atoms with Crippen molar-refractivity contribution < 1.29 is 43.9 Å². The zero-order chi connectivity index (χ0) is 49.7. The van der Waals surface area contributed by atoms with Crippen LogP contribution in [0.25, 0.3) is 0 Å². The third kappa shape index (κ3) is 11.4. The lowest BCUT2D eigenvalue weighted by molar-refractivity contribution is -0.147. The first-order valence-electron chi connectivity index (χ1n) is 23.9. The maximum Gasteiger partial charge on any atom is 0.323 e. The highest BCUT2D eigenvalue weighted by atomic mass is 32.2. The van der Waals surface area contributed by atoms with Crippen molar-refractivity contribution in [3.05, 3.63) is 120 Å². The number of phenolic OH excluding ortho intramolecular Hbond substituents is 3. The van der Waals surface area contributed by atoms with Gasteiger partial charge in [-0.3, -0.25) is 29.1 Å². The number of thioether (sulfide) groups is 3. The van der Waals surface area contributed by atoms with E-state index in [1.807, 2.05) is 71.9 Å². The average molecular weight is 1000 g/mol. The van der Waals surface area contributed by atoms with Crippen molar-refractivity contribution in [3.8, 4) is 17.2 Å². The van der Waals surface area contributed by atoms with Crippen LogP contribution in [-0.2, 0) is 104 Å². The summed E-state index contributed by atoms with van der Waals surface area (Å²) in [6.07, 6.45) is 2.36. The molecule has 0 spiro atoms. The summed E-state index contributed by atoms with van der Waals surface area (Å²) in [7, 11) is 4.20. The van der Waals surface area contributed by atoms with Crippen molar-refractivity contribution in [3.63, 3.8) is 0 Å². The van der Waals surface area contributed by atoms with Crippen LogP contribution >= 0.6 is 35.3 Å². The second-order valence-electron chi connectivity index (χ2n) is 18.6. The normalized spacial score (nSPS) is 22.2. The number of nitrogens with zero attached hydrogens (tertiary/aromatic N) is 3. The molecule has 15 heteroatoms. The van der Waals surface area contributed by atoms with Crippen molar-refractivity contribution in [2.24, 2.45) is 0 Å². The molecule has 0 saturated heterocycles. The first kappa shape index (κ1) is 52.4. The highest BCUT2D eigenvalue weighted by Gasteiger charge is 2.35. The Morgan fingerprint density at radius 1 is 0.464 bits per heavy atom. The van der Waals surface area contributed by atoms with E-state index in [0.717, 1.165) is 36.0 Å². The first-order chi connectivity index (χ1) is 33.1. The van der Waals surface area contributed by atoms with Crippen LogP contribution in [0, 0.1) is 20.8 Å². The van der Waals surface area contributed by atoms with Gasteiger partial charge in [0.05, 0.1) is 21.3 Å². The van der Waals surface area contributed by atoms with Crippen LogP contribution in [0.15, 0.2) is 36.4 Å². The highest BCUT2D eigenvalue weighted by Crippen LogP contribution is 2.41. The molecule has 0 aliphatic carbocycles. The number of fused-ring (bicyclic) bond motifs is 9. The molecule has 12 nitrogen and oxygen atoms in total. The number of rotatable bonds is 6. The number of benzene rings is 4. The number of carbonyl (C=O) groups is 3. The third-order valence-electron chi connectivity index (χ3n) is 14.0. The average Bonchev–Trinajstić information content (AvgIpc) is 3.32. The standard InChI is InChI=1S/C54H69N3O9S3/c1-10-40-43-25-67-28-46(52(61)64-7)55-19-34-13-31(4)14-35(49(34)58)20-56-22-37-16-33(6)18-39(51(37)60)24-57(23-38-17-32(5)15-36(21-55)50(38)59)48(54(63)66-9)30-69-27-45(41(43)11-2)42(12-3)44(40)26-68-29-47(56)53(62)65-8/h13-18,46-48,58-60H,10-12,19-30H2,1-9H3. The SMILES string of the molecule is CCc1c2c(CC)c3c(CC)c1CSCC(C(=O)OC)N1Cc4cc(C)cc(c4O)CN(Cc4cc(C)cc(c4O)CN(Cc4cc(C)cc(c4O)C1)C(C(=O)OC)CSC3)C(C(=O)OC)CSC2. The van der Waals surface area contributed by atoms with Gasteiger partial charge >= 0.3 is 17.9 Å². The monoisotopic (exact) mass is 999 g/mol. The number of carbonyl (C=O) groups excluding carboxylic acids is 3. The van der Waals surface area contributed by atoms with E-state index < -0.39 is 36.0 Å². The summed E-state index contributed by atoms with van der Waals surface area (Å²) < 4.78 is 16.8. The quantitative estimate of drug-likeness (QED) is 0.125. The largest absolute Gasteiger partial charge is 0.507 e. The van der Waals surface area contributed by atoms with Crippen molar-refractivity contribution in [2.75, 3.05) is 38.6 Å². The minimum Gasteiger partial charge on any atom is -0.507 e. The smallest absolute Gasteiger partial charge is 0.323 e. The van der Waals surface area contributed by atoms with Gasteiger partial charge in [0.1, 0.15) is 35.4 Å². The van der Waals surface area contributed by atoms with E-state index in [1.165, 1.54) is 54.7 Å². The van der Waals surface area contributed by atoms with Gasteiger partial charge < -0.3 is 29.5 Å². The van der Waals surface area contributed by atoms with Crippen molar-refractivity contribution in [2.45, 2.75) is 135 Å². The fourth-order valence-corrected chi connectivity index (χ4v) is 14.5. The Morgan fingerprint density at radius 2 is 0.681 bits per heavy atom. The topological polar surface area (TPSA) is 149 Å². The van der Waals surface area contributed by atoms with Gasteiger partial charge in [-0.1, -0.05) is 73.9 Å². The molecule has 8 rings (SSSR count). The van der Waals surface area contributed by atoms with Crippen LogP contribution in [0.5, 0.6) is 17.2 Å².